The zero-order valence-electron chi connectivity index (χ0n) is 30.9. The lowest BCUT2D eigenvalue weighted by Crippen LogP contribution is -2.10. The van der Waals surface area contributed by atoms with E-state index >= 15 is 0 Å². The fourth-order valence-corrected chi connectivity index (χ4v) is 9.10. The highest BCUT2D eigenvalue weighted by atomic mass is 16.3. The third kappa shape index (κ3) is 4.92. The molecular formula is C54H34N2O. The van der Waals surface area contributed by atoms with Crippen LogP contribution in [0.3, 0.4) is 0 Å². The molecule has 0 N–H and O–H groups in total. The Kier molecular flexibility index (Phi) is 6.93. The van der Waals surface area contributed by atoms with E-state index in [0.717, 1.165) is 55.5 Å². The van der Waals surface area contributed by atoms with Crippen LogP contribution in [0.25, 0.3) is 92.9 Å². The van der Waals surface area contributed by atoms with E-state index in [1.165, 1.54) is 54.5 Å². The van der Waals surface area contributed by atoms with Crippen LogP contribution in [0.2, 0.25) is 0 Å². The summed E-state index contributed by atoms with van der Waals surface area (Å²) in [5.41, 5.74) is 11.1. The summed E-state index contributed by atoms with van der Waals surface area (Å²) in [6.07, 6.45) is 0. The highest BCUT2D eigenvalue weighted by Crippen LogP contribution is 2.44. The minimum atomic E-state index is 0.912. The number of fused-ring (bicyclic) bond motifs is 11. The number of hydrogen-bond acceptors (Lipinski definition) is 2. The van der Waals surface area contributed by atoms with Crippen molar-refractivity contribution in [3.8, 4) is 16.8 Å². The van der Waals surface area contributed by atoms with Crippen molar-refractivity contribution < 1.29 is 4.42 Å². The van der Waals surface area contributed by atoms with E-state index in [-0.39, 0.29) is 0 Å². The summed E-state index contributed by atoms with van der Waals surface area (Å²) < 4.78 is 8.82. The largest absolute Gasteiger partial charge is 0.455 e. The van der Waals surface area contributed by atoms with E-state index in [1.54, 1.807) is 0 Å². The summed E-state index contributed by atoms with van der Waals surface area (Å²) in [5, 5.41) is 11.9. The van der Waals surface area contributed by atoms with Gasteiger partial charge in [0.25, 0.3) is 0 Å². The van der Waals surface area contributed by atoms with Crippen LogP contribution in [-0.4, -0.2) is 4.57 Å². The Bertz CT molecular complexity index is 3520. The minimum absolute atomic E-state index is 0.912. The Morgan fingerprint density at radius 3 is 1.84 bits per heavy atom. The molecule has 0 aliphatic heterocycles. The van der Waals surface area contributed by atoms with Gasteiger partial charge in [-0.15, -0.1) is 0 Å². The van der Waals surface area contributed by atoms with Crippen LogP contribution < -0.4 is 4.90 Å². The van der Waals surface area contributed by atoms with Crippen LogP contribution in [0.4, 0.5) is 17.1 Å². The van der Waals surface area contributed by atoms with Crippen molar-refractivity contribution in [2.75, 3.05) is 4.90 Å². The number of para-hydroxylation sites is 3. The molecule has 2 heterocycles. The molecule has 10 aromatic carbocycles. The van der Waals surface area contributed by atoms with Gasteiger partial charge in [-0.25, -0.2) is 0 Å². The summed E-state index contributed by atoms with van der Waals surface area (Å²) in [6, 6.07) is 74.6. The van der Waals surface area contributed by atoms with Crippen molar-refractivity contribution in [2.45, 2.75) is 0 Å². The van der Waals surface area contributed by atoms with Crippen LogP contribution in [0, 0.1) is 0 Å². The van der Waals surface area contributed by atoms with Crippen molar-refractivity contribution in [3.05, 3.63) is 206 Å². The normalized spacial score (nSPS) is 11.9. The van der Waals surface area contributed by atoms with Crippen molar-refractivity contribution in [3.63, 3.8) is 0 Å². The SMILES string of the molecule is c1ccc(-n2c3ccccc3c3cc(-c4ccc(N(c5ccc6c(ccc7c8ccccc8oc67)c5)c5cc6ccccc6c6ccccc56)cc4)ccc32)cc1. The Balaban J connectivity index is 1.03. The molecule has 0 atom stereocenters. The Morgan fingerprint density at radius 1 is 0.351 bits per heavy atom. The van der Waals surface area contributed by atoms with Crippen LogP contribution in [0.5, 0.6) is 0 Å². The Labute approximate surface area is 328 Å². The first-order chi connectivity index (χ1) is 28.3. The summed E-state index contributed by atoms with van der Waals surface area (Å²) >= 11 is 0. The second kappa shape index (κ2) is 12.5. The van der Waals surface area contributed by atoms with Crippen molar-refractivity contribution in [2.24, 2.45) is 0 Å². The molecule has 12 aromatic rings. The number of nitrogens with zero attached hydrogens (tertiary/aromatic N) is 2. The van der Waals surface area contributed by atoms with Crippen molar-refractivity contribution >= 4 is 93.1 Å². The van der Waals surface area contributed by atoms with Gasteiger partial charge in [-0.3, -0.25) is 0 Å². The topological polar surface area (TPSA) is 21.3 Å². The fraction of sp³-hybridized carbons (Fsp3) is 0. The maximum absolute atomic E-state index is 6.46. The second-order valence-corrected chi connectivity index (χ2v) is 14.9. The predicted molar refractivity (Wildman–Crippen MR) is 241 cm³/mol. The molecule has 0 saturated heterocycles. The van der Waals surface area contributed by atoms with Crippen LogP contribution in [-0.2, 0) is 0 Å². The van der Waals surface area contributed by atoms with Crippen molar-refractivity contribution in [1.29, 1.82) is 0 Å². The standard InChI is InChI=1S/C54H34N2O/c1-2-13-39(14-3-1)56-50-20-10-8-18-46(50)49-33-36(25-31-51(49)56)35-22-26-40(27-23-35)55(52-34-37-12-4-5-15-42(37)44-16-6-7-17-45(44)52)41-28-30-43-38(32-41)24-29-48-47-19-9-11-21-53(47)57-54(43)48/h1-34H. The van der Waals surface area contributed by atoms with Gasteiger partial charge in [0, 0.05) is 49.4 Å². The molecule has 266 valence electrons. The van der Waals surface area contributed by atoms with Gasteiger partial charge in [-0.05, 0) is 112 Å². The highest BCUT2D eigenvalue weighted by molar-refractivity contribution is 6.17. The molecule has 0 unspecified atom stereocenters. The van der Waals surface area contributed by atoms with Gasteiger partial charge < -0.3 is 13.9 Å². The number of benzene rings is 10. The molecule has 0 aliphatic rings. The summed E-state index contributed by atoms with van der Waals surface area (Å²) in [5.74, 6) is 0. The first kappa shape index (κ1) is 31.7. The summed E-state index contributed by atoms with van der Waals surface area (Å²) in [6.45, 7) is 0. The van der Waals surface area contributed by atoms with Crippen LogP contribution in [0.15, 0.2) is 211 Å². The molecule has 0 bridgehead atoms. The van der Waals surface area contributed by atoms with E-state index < -0.39 is 0 Å². The second-order valence-electron chi connectivity index (χ2n) is 14.9. The molecule has 0 radical (unpaired) electrons. The number of rotatable bonds is 5. The molecule has 12 rings (SSSR count). The quantitative estimate of drug-likeness (QED) is 0.165. The number of hydrogen-bond donors (Lipinski definition) is 0. The van der Waals surface area contributed by atoms with Gasteiger partial charge in [0.2, 0.25) is 0 Å². The molecule has 57 heavy (non-hydrogen) atoms. The zero-order chi connectivity index (χ0) is 37.5. The van der Waals surface area contributed by atoms with Crippen LogP contribution >= 0.6 is 0 Å². The van der Waals surface area contributed by atoms with Gasteiger partial charge in [0.05, 0.1) is 16.7 Å². The average Bonchev–Trinajstić information content (AvgIpc) is 3.83. The summed E-state index contributed by atoms with van der Waals surface area (Å²) in [4.78, 5) is 2.41. The maximum atomic E-state index is 6.46. The van der Waals surface area contributed by atoms with Crippen LogP contribution in [0.1, 0.15) is 0 Å². The molecule has 0 aliphatic carbocycles. The minimum Gasteiger partial charge on any atom is -0.455 e. The smallest absolute Gasteiger partial charge is 0.143 e. The van der Waals surface area contributed by atoms with Gasteiger partial charge in [-0.1, -0.05) is 127 Å². The van der Waals surface area contributed by atoms with E-state index in [4.69, 9.17) is 4.42 Å². The van der Waals surface area contributed by atoms with E-state index in [2.05, 4.69) is 204 Å². The Morgan fingerprint density at radius 2 is 0.982 bits per heavy atom. The van der Waals surface area contributed by atoms with Gasteiger partial charge in [0.1, 0.15) is 11.2 Å². The highest BCUT2D eigenvalue weighted by Gasteiger charge is 2.20. The molecule has 0 saturated carbocycles. The third-order valence-electron chi connectivity index (χ3n) is 11.7. The summed E-state index contributed by atoms with van der Waals surface area (Å²) in [7, 11) is 0. The van der Waals surface area contributed by atoms with Gasteiger partial charge >= 0.3 is 0 Å². The molecule has 3 nitrogen and oxygen atoms in total. The maximum Gasteiger partial charge on any atom is 0.143 e. The monoisotopic (exact) mass is 726 g/mol. The lowest BCUT2D eigenvalue weighted by atomic mass is 9.98. The third-order valence-corrected chi connectivity index (χ3v) is 11.7. The lowest BCUT2D eigenvalue weighted by Gasteiger charge is -2.28. The first-order valence-electron chi connectivity index (χ1n) is 19.5. The molecule has 0 fully saturated rings. The molecule has 0 spiro atoms. The first-order valence-corrected chi connectivity index (χ1v) is 19.5. The Hall–Kier alpha value is -7.62. The number of anilines is 3. The molecule has 3 heteroatoms. The molecular weight excluding hydrogens is 693 g/mol. The van der Waals surface area contributed by atoms with E-state index in [1.807, 2.05) is 12.1 Å². The van der Waals surface area contributed by atoms with Gasteiger partial charge in [0.15, 0.2) is 0 Å². The predicted octanol–water partition coefficient (Wildman–Crippen LogP) is 15.3. The molecule has 2 aromatic heterocycles. The number of aromatic nitrogens is 1. The fourth-order valence-electron chi connectivity index (χ4n) is 9.10. The average molecular weight is 727 g/mol. The van der Waals surface area contributed by atoms with E-state index in [0.29, 0.717) is 0 Å². The van der Waals surface area contributed by atoms with Gasteiger partial charge in [-0.2, -0.15) is 0 Å². The number of furan rings is 1. The zero-order valence-corrected chi connectivity index (χ0v) is 30.9. The van der Waals surface area contributed by atoms with E-state index in [9.17, 15) is 0 Å². The van der Waals surface area contributed by atoms with Crippen molar-refractivity contribution in [1.82, 2.24) is 4.57 Å². The molecule has 0 amide bonds. The lowest BCUT2D eigenvalue weighted by molar-refractivity contribution is 0.672.